The van der Waals surface area contributed by atoms with Gasteiger partial charge in [0, 0.05) is 13.0 Å². The number of hydrogen-bond donors (Lipinski definition) is 1. The van der Waals surface area contributed by atoms with Crippen molar-refractivity contribution in [1.29, 1.82) is 0 Å². The first-order valence-corrected chi connectivity index (χ1v) is 4.86. The van der Waals surface area contributed by atoms with E-state index in [4.69, 9.17) is 0 Å². The second kappa shape index (κ2) is 3.12. The summed E-state index contributed by atoms with van der Waals surface area (Å²) in [6.45, 7) is 0.450. The predicted octanol–water partition coefficient (Wildman–Crippen LogP) is 0.782. The lowest BCUT2D eigenvalue weighted by atomic mass is 9.81. The zero-order valence-electron chi connectivity index (χ0n) is 7.90. The molecule has 2 heterocycles. The maximum atomic E-state index is 11.6. The Morgan fingerprint density at radius 1 is 1.50 bits per heavy atom. The molecule has 4 nitrogen and oxygen atoms in total. The molecule has 0 radical (unpaired) electrons. The van der Waals surface area contributed by atoms with E-state index in [0.29, 0.717) is 32.2 Å². The minimum absolute atomic E-state index is 0.0250. The van der Waals surface area contributed by atoms with Crippen LogP contribution in [0.2, 0.25) is 0 Å². The van der Waals surface area contributed by atoms with Crippen molar-refractivity contribution in [2.75, 3.05) is 6.54 Å². The Balaban J connectivity index is 2.37. The van der Waals surface area contributed by atoms with Gasteiger partial charge in [-0.25, -0.2) is 4.79 Å². The van der Waals surface area contributed by atoms with E-state index in [0.717, 1.165) is 0 Å². The van der Waals surface area contributed by atoms with Crippen LogP contribution >= 0.6 is 0 Å². The topological polar surface area (TPSA) is 57.6 Å². The number of rotatable bonds is 1. The minimum atomic E-state index is -0.940. The van der Waals surface area contributed by atoms with Gasteiger partial charge in [0.15, 0.2) is 0 Å². The molecule has 1 fully saturated rings. The largest absolute Gasteiger partial charge is 0.479 e. The van der Waals surface area contributed by atoms with Crippen LogP contribution in [0.1, 0.15) is 25.7 Å². The van der Waals surface area contributed by atoms with E-state index < -0.39 is 11.5 Å². The van der Waals surface area contributed by atoms with Gasteiger partial charge in [0.25, 0.3) is 0 Å². The maximum absolute atomic E-state index is 11.6. The fraction of sp³-hybridized carbons (Fsp3) is 0.600. The van der Waals surface area contributed by atoms with Crippen molar-refractivity contribution >= 4 is 11.9 Å². The zero-order chi connectivity index (χ0) is 10.2. The third kappa shape index (κ3) is 1.14. The summed E-state index contributed by atoms with van der Waals surface area (Å²) in [6, 6.07) is 0. The molecule has 1 saturated heterocycles. The van der Waals surface area contributed by atoms with Crippen LogP contribution in [0.15, 0.2) is 12.2 Å². The molecule has 0 aromatic rings. The van der Waals surface area contributed by atoms with Gasteiger partial charge in [-0.2, -0.15) is 0 Å². The van der Waals surface area contributed by atoms with Crippen molar-refractivity contribution in [3.8, 4) is 0 Å². The molecule has 0 aliphatic carbocycles. The lowest BCUT2D eigenvalue weighted by Crippen LogP contribution is -2.60. The van der Waals surface area contributed by atoms with Crippen molar-refractivity contribution in [2.24, 2.45) is 0 Å². The van der Waals surface area contributed by atoms with Crippen molar-refractivity contribution < 1.29 is 14.7 Å². The Kier molecular flexibility index (Phi) is 2.06. The quantitative estimate of drug-likeness (QED) is 0.629. The van der Waals surface area contributed by atoms with Crippen LogP contribution in [0.4, 0.5) is 0 Å². The molecule has 1 N–H and O–H groups in total. The van der Waals surface area contributed by atoms with E-state index in [1.165, 1.54) is 4.90 Å². The molecule has 0 saturated carbocycles. The second-order valence-electron chi connectivity index (χ2n) is 3.87. The van der Waals surface area contributed by atoms with Crippen LogP contribution < -0.4 is 0 Å². The lowest BCUT2D eigenvalue weighted by molar-refractivity contribution is -0.163. The fourth-order valence-electron chi connectivity index (χ4n) is 2.30. The molecule has 0 unspecified atom stereocenters. The molecule has 2 aliphatic heterocycles. The van der Waals surface area contributed by atoms with Crippen molar-refractivity contribution in [2.45, 2.75) is 31.2 Å². The molecule has 2 rings (SSSR count). The molecule has 4 heteroatoms. The van der Waals surface area contributed by atoms with Crippen LogP contribution in [-0.4, -0.2) is 34.0 Å². The van der Waals surface area contributed by atoms with E-state index in [1.807, 2.05) is 12.2 Å². The summed E-state index contributed by atoms with van der Waals surface area (Å²) in [5, 5.41) is 9.21. The van der Waals surface area contributed by atoms with Gasteiger partial charge in [-0.1, -0.05) is 12.2 Å². The molecule has 14 heavy (non-hydrogen) atoms. The summed E-state index contributed by atoms with van der Waals surface area (Å²) < 4.78 is 0. The molecule has 1 amide bonds. The van der Waals surface area contributed by atoms with E-state index in [2.05, 4.69) is 0 Å². The highest BCUT2D eigenvalue weighted by molar-refractivity contribution is 5.89. The molecule has 0 aromatic heterocycles. The van der Waals surface area contributed by atoms with Gasteiger partial charge in [0.2, 0.25) is 5.91 Å². The molecular weight excluding hydrogens is 182 g/mol. The lowest BCUT2D eigenvalue weighted by Gasteiger charge is -2.44. The number of aliphatic carboxylic acids is 1. The Morgan fingerprint density at radius 3 is 2.93 bits per heavy atom. The van der Waals surface area contributed by atoms with E-state index >= 15 is 0 Å². The Labute approximate surface area is 82.2 Å². The van der Waals surface area contributed by atoms with Crippen LogP contribution in [-0.2, 0) is 9.59 Å². The number of carboxylic acid groups (broad SMARTS) is 1. The normalized spacial score (nSPS) is 31.4. The number of carbonyl (C=O) groups is 2. The van der Waals surface area contributed by atoms with Gasteiger partial charge < -0.3 is 10.0 Å². The van der Waals surface area contributed by atoms with Crippen LogP contribution in [0.25, 0.3) is 0 Å². The minimum Gasteiger partial charge on any atom is -0.479 e. The summed E-state index contributed by atoms with van der Waals surface area (Å²) in [4.78, 5) is 24.3. The Bertz CT molecular complexity index is 308. The van der Waals surface area contributed by atoms with Gasteiger partial charge in [0.1, 0.15) is 5.54 Å². The zero-order valence-corrected chi connectivity index (χ0v) is 7.90. The van der Waals surface area contributed by atoms with Gasteiger partial charge in [0.05, 0.1) is 0 Å². The molecule has 1 atom stereocenters. The van der Waals surface area contributed by atoms with Crippen LogP contribution in [0, 0.1) is 0 Å². The average molecular weight is 195 g/mol. The number of fused-ring (bicyclic) bond motifs is 1. The number of nitrogens with zero attached hydrogens (tertiary/aromatic N) is 1. The van der Waals surface area contributed by atoms with Gasteiger partial charge in [-0.3, -0.25) is 4.79 Å². The third-order valence-corrected chi connectivity index (χ3v) is 3.11. The van der Waals surface area contributed by atoms with Gasteiger partial charge in [-0.15, -0.1) is 0 Å². The maximum Gasteiger partial charge on any atom is 0.329 e. The number of hydrogen-bond acceptors (Lipinski definition) is 2. The van der Waals surface area contributed by atoms with Gasteiger partial charge in [-0.05, 0) is 19.3 Å². The molecule has 0 bridgehead atoms. The molecular formula is C10H13NO3. The monoisotopic (exact) mass is 195 g/mol. The Morgan fingerprint density at radius 2 is 2.29 bits per heavy atom. The van der Waals surface area contributed by atoms with Crippen molar-refractivity contribution in [3.05, 3.63) is 12.2 Å². The highest BCUT2D eigenvalue weighted by Crippen LogP contribution is 2.34. The second-order valence-corrected chi connectivity index (χ2v) is 3.87. The first-order valence-electron chi connectivity index (χ1n) is 4.86. The predicted molar refractivity (Wildman–Crippen MR) is 49.7 cm³/mol. The molecule has 0 aromatic carbocycles. The van der Waals surface area contributed by atoms with Crippen LogP contribution in [0.5, 0.6) is 0 Å². The summed E-state index contributed by atoms with van der Waals surface area (Å²) in [7, 11) is 0. The summed E-state index contributed by atoms with van der Waals surface area (Å²) in [5.74, 6) is -0.891. The molecule has 2 aliphatic rings. The highest BCUT2D eigenvalue weighted by Gasteiger charge is 2.48. The number of carbonyl (C=O) groups excluding carboxylic acids is 1. The number of carboxylic acids is 1. The van der Waals surface area contributed by atoms with Crippen molar-refractivity contribution in [3.63, 3.8) is 0 Å². The summed E-state index contributed by atoms with van der Waals surface area (Å²) >= 11 is 0. The fourth-order valence-corrected chi connectivity index (χ4v) is 2.30. The summed E-state index contributed by atoms with van der Waals surface area (Å²) in [6.07, 6.45) is 5.94. The van der Waals surface area contributed by atoms with E-state index in [1.54, 1.807) is 0 Å². The summed E-state index contributed by atoms with van der Waals surface area (Å²) in [5.41, 5.74) is -0.940. The van der Waals surface area contributed by atoms with E-state index in [9.17, 15) is 14.7 Å². The van der Waals surface area contributed by atoms with E-state index in [-0.39, 0.29) is 5.91 Å². The number of piperidine rings is 1. The SMILES string of the molecule is O=C1CCC[C@@]2(C(=O)O)CC=CCN12. The third-order valence-electron chi connectivity index (χ3n) is 3.11. The highest BCUT2D eigenvalue weighted by atomic mass is 16.4. The smallest absolute Gasteiger partial charge is 0.329 e. The molecule has 0 spiro atoms. The first-order chi connectivity index (χ1) is 6.67. The average Bonchev–Trinajstić information content (AvgIpc) is 2.18. The van der Waals surface area contributed by atoms with Gasteiger partial charge >= 0.3 is 5.97 Å². The van der Waals surface area contributed by atoms with Crippen molar-refractivity contribution in [1.82, 2.24) is 4.90 Å². The number of amides is 1. The Hall–Kier alpha value is -1.32. The standard InChI is InChI=1S/C10H13NO3/c12-8-4-3-6-10(9(13)14)5-1-2-7-11(8)10/h1-2H,3-7H2,(H,13,14)/t10-/m1/s1. The molecule has 76 valence electrons. The first kappa shape index (κ1) is 9.24. The van der Waals surface area contributed by atoms with Crippen LogP contribution in [0.3, 0.4) is 0 Å².